The fourth-order valence-corrected chi connectivity index (χ4v) is 3.07. The number of aryl methyl sites for hydroxylation is 1. The standard InChI is InChI=1S/C15H16BrIN2/c1-2-10-3-5-11(6-4-10)15(19-18)13-9-12(16)7-8-14(13)17/h3-9,15,19H,2,18H2,1H3. The van der Waals surface area contributed by atoms with E-state index < -0.39 is 0 Å². The molecule has 0 aliphatic carbocycles. The number of rotatable bonds is 4. The molecule has 2 aromatic carbocycles. The summed E-state index contributed by atoms with van der Waals surface area (Å²) in [5, 5.41) is 0. The average molecular weight is 431 g/mol. The number of halogens is 2. The van der Waals surface area contributed by atoms with E-state index in [-0.39, 0.29) is 6.04 Å². The Morgan fingerprint density at radius 1 is 1.21 bits per heavy atom. The van der Waals surface area contributed by atoms with E-state index >= 15 is 0 Å². The summed E-state index contributed by atoms with van der Waals surface area (Å²) in [4.78, 5) is 0. The quantitative estimate of drug-likeness (QED) is 0.434. The number of nitrogens with two attached hydrogens (primary N) is 1. The molecule has 1 atom stereocenters. The monoisotopic (exact) mass is 430 g/mol. The highest BCUT2D eigenvalue weighted by Gasteiger charge is 2.15. The Morgan fingerprint density at radius 2 is 1.89 bits per heavy atom. The minimum Gasteiger partial charge on any atom is -0.271 e. The van der Waals surface area contributed by atoms with Gasteiger partial charge in [0.2, 0.25) is 0 Å². The summed E-state index contributed by atoms with van der Waals surface area (Å²) >= 11 is 5.86. The molecule has 3 N–H and O–H groups in total. The summed E-state index contributed by atoms with van der Waals surface area (Å²) in [6.45, 7) is 2.16. The zero-order valence-corrected chi connectivity index (χ0v) is 14.4. The van der Waals surface area contributed by atoms with Crippen LogP contribution >= 0.6 is 38.5 Å². The molecule has 0 radical (unpaired) electrons. The van der Waals surface area contributed by atoms with Crippen molar-refractivity contribution in [2.75, 3.05) is 0 Å². The van der Waals surface area contributed by atoms with Crippen molar-refractivity contribution in [3.8, 4) is 0 Å². The molecule has 1 unspecified atom stereocenters. The van der Waals surface area contributed by atoms with E-state index in [2.05, 4.69) is 87.3 Å². The first-order valence-corrected chi connectivity index (χ1v) is 8.02. The minimum absolute atomic E-state index is 0.00954. The third kappa shape index (κ3) is 3.56. The summed E-state index contributed by atoms with van der Waals surface area (Å²) in [5.41, 5.74) is 6.61. The smallest absolute Gasteiger partial charge is 0.0720 e. The lowest BCUT2D eigenvalue weighted by Gasteiger charge is -2.19. The van der Waals surface area contributed by atoms with Crippen LogP contribution in [0.1, 0.15) is 29.7 Å². The molecule has 19 heavy (non-hydrogen) atoms. The maximum absolute atomic E-state index is 5.76. The van der Waals surface area contributed by atoms with Crippen LogP contribution in [0.5, 0.6) is 0 Å². The zero-order valence-electron chi connectivity index (χ0n) is 10.7. The van der Waals surface area contributed by atoms with Crippen molar-refractivity contribution in [3.05, 3.63) is 67.2 Å². The van der Waals surface area contributed by atoms with Crippen LogP contribution in [0.15, 0.2) is 46.9 Å². The first-order chi connectivity index (χ1) is 9.15. The number of nitrogens with one attached hydrogen (secondary N) is 1. The van der Waals surface area contributed by atoms with Gasteiger partial charge in [0.1, 0.15) is 0 Å². The van der Waals surface area contributed by atoms with E-state index in [1.165, 1.54) is 20.3 Å². The molecule has 0 aromatic heterocycles. The molecule has 0 heterocycles. The van der Waals surface area contributed by atoms with Gasteiger partial charge in [-0.2, -0.15) is 0 Å². The number of benzene rings is 2. The van der Waals surface area contributed by atoms with Gasteiger partial charge in [0, 0.05) is 8.04 Å². The van der Waals surface area contributed by atoms with E-state index in [1.807, 2.05) is 6.07 Å². The van der Waals surface area contributed by atoms with Crippen molar-refractivity contribution in [1.82, 2.24) is 5.43 Å². The summed E-state index contributed by atoms with van der Waals surface area (Å²) in [6, 6.07) is 14.8. The van der Waals surface area contributed by atoms with Gasteiger partial charge in [0.05, 0.1) is 6.04 Å². The van der Waals surface area contributed by atoms with Gasteiger partial charge < -0.3 is 0 Å². The Balaban J connectivity index is 2.40. The molecule has 0 aliphatic heterocycles. The van der Waals surface area contributed by atoms with Crippen molar-refractivity contribution in [2.45, 2.75) is 19.4 Å². The normalized spacial score (nSPS) is 12.4. The second-order valence-corrected chi connectivity index (χ2v) is 6.44. The van der Waals surface area contributed by atoms with Gasteiger partial charge in [-0.3, -0.25) is 5.84 Å². The maximum Gasteiger partial charge on any atom is 0.0720 e. The Morgan fingerprint density at radius 3 is 2.47 bits per heavy atom. The number of hydrazine groups is 1. The Kier molecular flexibility index (Phi) is 5.38. The van der Waals surface area contributed by atoms with Gasteiger partial charge in [0.25, 0.3) is 0 Å². The molecule has 2 rings (SSSR count). The second kappa shape index (κ2) is 6.83. The fourth-order valence-electron chi connectivity index (χ4n) is 2.05. The molecule has 2 nitrogen and oxygen atoms in total. The first-order valence-electron chi connectivity index (χ1n) is 6.15. The molecule has 0 saturated carbocycles. The highest BCUT2D eigenvalue weighted by Crippen LogP contribution is 2.28. The van der Waals surface area contributed by atoms with Crippen molar-refractivity contribution >= 4 is 38.5 Å². The highest BCUT2D eigenvalue weighted by atomic mass is 127. The predicted molar refractivity (Wildman–Crippen MR) is 91.8 cm³/mol. The van der Waals surface area contributed by atoms with Crippen molar-refractivity contribution < 1.29 is 0 Å². The van der Waals surface area contributed by atoms with Crippen LogP contribution in [0.3, 0.4) is 0 Å². The maximum atomic E-state index is 5.76. The average Bonchev–Trinajstić information content (AvgIpc) is 2.44. The molecule has 4 heteroatoms. The SMILES string of the molecule is CCc1ccc(C(NN)c2cc(Br)ccc2I)cc1. The van der Waals surface area contributed by atoms with Crippen molar-refractivity contribution in [3.63, 3.8) is 0 Å². The van der Waals surface area contributed by atoms with Gasteiger partial charge in [-0.05, 0) is 63.9 Å². The third-order valence-corrected chi connectivity index (χ3v) is 4.63. The predicted octanol–water partition coefficient (Wildman–Crippen LogP) is 4.17. The lowest BCUT2D eigenvalue weighted by atomic mass is 9.98. The zero-order chi connectivity index (χ0) is 13.8. The summed E-state index contributed by atoms with van der Waals surface area (Å²) in [5.74, 6) is 5.76. The molecule has 0 amide bonds. The van der Waals surface area contributed by atoms with E-state index in [0.29, 0.717) is 0 Å². The van der Waals surface area contributed by atoms with E-state index in [9.17, 15) is 0 Å². The third-order valence-electron chi connectivity index (χ3n) is 3.16. The van der Waals surface area contributed by atoms with E-state index in [1.54, 1.807) is 0 Å². The second-order valence-electron chi connectivity index (χ2n) is 4.36. The van der Waals surface area contributed by atoms with Crippen LogP contribution in [-0.4, -0.2) is 0 Å². The van der Waals surface area contributed by atoms with E-state index in [0.717, 1.165) is 10.9 Å². The van der Waals surface area contributed by atoms with Crippen molar-refractivity contribution in [1.29, 1.82) is 0 Å². The molecular formula is C15H16BrIN2. The minimum atomic E-state index is 0.00954. The number of hydrogen-bond acceptors (Lipinski definition) is 2. The summed E-state index contributed by atoms with van der Waals surface area (Å²) in [7, 11) is 0. The van der Waals surface area contributed by atoms with Gasteiger partial charge in [-0.1, -0.05) is 47.1 Å². The Bertz CT molecular complexity index is 555. The molecule has 0 saturated heterocycles. The summed E-state index contributed by atoms with van der Waals surface area (Å²) < 4.78 is 2.26. The van der Waals surface area contributed by atoms with Gasteiger partial charge in [-0.15, -0.1) is 0 Å². The van der Waals surface area contributed by atoms with Crippen LogP contribution in [0.4, 0.5) is 0 Å². The lowest BCUT2D eigenvalue weighted by molar-refractivity contribution is 0.634. The molecular weight excluding hydrogens is 415 g/mol. The molecule has 0 spiro atoms. The number of hydrogen-bond donors (Lipinski definition) is 2. The fraction of sp³-hybridized carbons (Fsp3) is 0.200. The Labute approximate surface area is 136 Å². The molecule has 0 fully saturated rings. The molecule has 0 bridgehead atoms. The molecule has 2 aromatic rings. The highest BCUT2D eigenvalue weighted by molar-refractivity contribution is 14.1. The molecule has 0 aliphatic rings. The van der Waals surface area contributed by atoms with E-state index in [4.69, 9.17) is 5.84 Å². The van der Waals surface area contributed by atoms with Gasteiger partial charge in [0.15, 0.2) is 0 Å². The molecule has 100 valence electrons. The van der Waals surface area contributed by atoms with Crippen LogP contribution in [-0.2, 0) is 6.42 Å². The summed E-state index contributed by atoms with van der Waals surface area (Å²) in [6.07, 6.45) is 1.05. The van der Waals surface area contributed by atoms with Crippen LogP contribution in [0.2, 0.25) is 0 Å². The van der Waals surface area contributed by atoms with Gasteiger partial charge >= 0.3 is 0 Å². The topological polar surface area (TPSA) is 38.0 Å². The lowest BCUT2D eigenvalue weighted by Crippen LogP contribution is -2.29. The first kappa shape index (κ1) is 15.0. The van der Waals surface area contributed by atoms with Gasteiger partial charge in [-0.25, -0.2) is 5.43 Å². The van der Waals surface area contributed by atoms with Crippen molar-refractivity contribution in [2.24, 2.45) is 5.84 Å². The Hall–Kier alpha value is -0.430. The van der Waals surface area contributed by atoms with Crippen LogP contribution in [0.25, 0.3) is 0 Å². The largest absolute Gasteiger partial charge is 0.271 e. The van der Waals surface area contributed by atoms with Crippen LogP contribution < -0.4 is 11.3 Å². The van der Waals surface area contributed by atoms with Crippen LogP contribution in [0, 0.1) is 3.57 Å².